The minimum Gasteiger partial charge on any atom is -0.491 e. The summed E-state index contributed by atoms with van der Waals surface area (Å²) in [5.74, 6) is 2.65. The van der Waals surface area contributed by atoms with Gasteiger partial charge in [-0.05, 0) is 51.5 Å². The van der Waals surface area contributed by atoms with Crippen LogP contribution in [0.2, 0.25) is 0 Å². The highest BCUT2D eigenvalue weighted by atomic mass is 16.5. The summed E-state index contributed by atoms with van der Waals surface area (Å²) in [5.41, 5.74) is 2.88. The van der Waals surface area contributed by atoms with Gasteiger partial charge in [-0.1, -0.05) is 23.4 Å². The summed E-state index contributed by atoms with van der Waals surface area (Å²) in [5, 5.41) is 10.6. The summed E-state index contributed by atoms with van der Waals surface area (Å²) in [6.07, 6.45) is 2.42. The molecule has 3 aromatic rings. The number of hydrogen-bond acceptors (Lipinski definition) is 6. The Balaban J connectivity index is 1.59. The SMILES string of the molecule is CCNC(=NCc1ccc(C)cc1OC(C)C)NCCc1noc(-c2ccccn2)n1. The average molecular weight is 423 g/mol. The largest absolute Gasteiger partial charge is 0.491 e. The van der Waals surface area contributed by atoms with Crippen molar-refractivity contribution in [3.63, 3.8) is 0 Å². The molecule has 8 heteroatoms. The van der Waals surface area contributed by atoms with Crippen LogP contribution in [-0.4, -0.2) is 40.3 Å². The number of ether oxygens (including phenoxy) is 1. The number of aryl methyl sites for hydroxylation is 1. The molecule has 0 radical (unpaired) electrons. The van der Waals surface area contributed by atoms with E-state index in [4.69, 9.17) is 14.3 Å². The van der Waals surface area contributed by atoms with E-state index in [0.29, 0.717) is 36.9 Å². The van der Waals surface area contributed by atoms with Crippen LogP contribution in [0.1, 0.15) is 37.7 Å². The number of aliphatic imine (C=N–C) groups is 1. The fourth-order valence-corrected chi connectivity index (χ4v) is 2.90. The van der Waals surface area contributed by atoms with Crippen molar-refractivity contribution in [1.82, 2.24) is 25.8 Å². The quantitative estimate of drug-likeness (QED) is 0.402. The Labute approximate surface area is 183 Å². The van der Waals surface area contributed by atoms with Crippen molar-refractivity contribution >= 4 is 5.96 Å². The van der Waals surface area contributed by atoms with E-state index in [1.54, 1.807) is 6.20 Å². The summed E-state index contributed by atoms with van der Waals surface area (Å²) in [4.78, 5) is 13.3. The van der Waals surface area contributed by atoms with E-state index >= 15 is 0 Å². The van der Waals surface area contributed by atoms with Gasteiger partial charge in [-0.2, -0.15) is 4.98 Å². The molecule has 0 spiro atoms. The number of benzene rings is 1. The molecule has 0 aliphatic carbocycles. The lowest BCUT2D eigenvalue weighted by Gasteiger charge is -2.15. The second-order valence-corrected chi connectivity index (χ2v) is 7.38. The van der Waals surface area contributed by atoms with Gasteiger partial charge in [-0.15, -0.1) is 0 Å². The number of pyridine rings is 1. The van der Waals surface area contributed by atoms with Crippen molar-refractivity contribution in [2.45, 2.75) is 46.8 Å². The molecule has 0 atom stereocenters. The maximum atomic E-state index is 5.95. The maximum Gasteiger partial charge on any atom is 0.276 e. The van der Waals surface area contributed by atoms with Crippen molar-refractivity contribution in [2.75, 3.05) is 13.1 Å². The van der Waals surface area contributed by atoms with Gasteiger partial charge in [-0.3, -0.25) is 4.98 Å². The second-order valence-electron chi connectivity index (χ2n) is 7.38. The zero-order valence-corrected chi connectivity index (χ0v) is 18.6. The summed E-state index contributed by atoms with van der Waals surface area (Å²) < 4.78 is 11.3. The molecule has 0 amide bonds. The number of nitrogens with one attached hydrogen (secondary N) is 2. The smallest absolute Gasteiger partial charge is 0.276 e. The minimum atomic E-state index is 0.113. The summed E-state index contributed by atoms with van der Waals surface area (Å²) >= 11 is 0. The van der Waals surface area contributed by atoms with Gasteiger partial charge in [0.25, 0.3) is 5.89 Å². The lowest BCUT2D eigenvalue weighted by Crippen LogP contribution is -2.38. The molecule has 0 saturated heterocycles. The Morgan fingerprint density at radius 2 is 2.06 bits per heavy atom. The molecule has 8 nitrogen and oxygen atoms in total. The molecule has 2 heterocycles. The zero-order chi connectivity index (χ0) is 22.1. The minimum absolute atomic E-state index is 0.113. The molecule has 2 aromatic heterocycles. The average Bonchev–Trinajstić information content (AvgIpc) is 3.22. The van der Waals surface area contributed by atoms with Gasteiger partial charge < -0.3 is 19.9 Å². The second kappa shape index (κ2) is 11.1. The number of nitrogens with zero attached hydrogens (tertiary/aromatic N) is 4. The summed E-state index contributed by atoms with van der Waals surface area (Å²) in [6, 6.07) is 11.8. The number of rotatable bonds is 9. The summed E-state index contributed by atoms with van der Waals surface area (Å²) in [7, 11) is 0. The van der Waals surface area contributed by atoms with Gasteiger partial charge in [0.05, 0.1) is 12.6 Å². The third-order valence-electron chi connectivity index (χ3n) is 4.33. The van der Waals surface area contributed by atoms with Crippen molar-refractivity contribution in [2.24, 2.45) is 4.99 Å². The molecule has 3 rings (SSSR count). The van der Waals surface area contributed by atoms with Gasteiger partial charge >= 0.3 is 0 Å². The Kier molecular flexibility index (Phi) is 7.98. The van der Waals surface area contributed by atoms with E-state index < -0.39 is 0 Å². The number of aromatic nitrogens is 3. The molecule has 0 aliphatic heterocycles. The molecule has 0 unspecified atom stereocenters. The van der Waals surface area contributed by atoms with Crippen LogP contribution in [0.25, 0.3) is 11.6 Å². The molecule has 31 heavy (non-hydrogen) atoms. The highest BCUT2D eigenvalue weighted by Gasteiger charge is 2.10. The first kappa shape index (κ1) is 22.3. The monoisotopic (exact) mass is 422 g/mol. The number of hydrogen-bond donors (Lipinski definition) is 2. The van der Waals surface area contributed by atoms with Crippen LogP contribution in [0.4, 0.5) is 0 Å². The number of guanidine groups is 1. The first-order valence-electron chi connectivity index (χ1n) is 10.6. The van der Waals surface area contributed by atoms with Crippen molar-refractivity contribution in [1.29, 1.82) is 0 Å². The fourth-order valence-electron chi connectivity index (χ4n) is 2.90. The van der Waals surface area contributed by atoms with Gasteiger partial charge in [0.1, 0.15) is 11.4 Å². The Morgan fingerprint density at radius 1 is 1.19 bits per heavy atom. The highest BCUT2D eigenvalue weighted by molar-refractivity contribution is 5.79. The normalized spacial score (nSPS) is 11.6. The Hall–Kier alpha value is -3.42. The molecule has 2 N–H and O–H groups in total. The van der Waals surface area contributed by atoms with Crippen LogP contribution in [0.3, 0.4) is 0 Å². The van der Waals surface area contributed by atoms with E-state index in [1.165, 1.54) is 5.56 Å². The van der Waals surface area contributed by atoms with E-state index in [2.05, 4.69) is 50.9 Å². The lowest BCUT2D eigenvalue weighted by molar-refractivity contribution is 0.240. The van der Waals surface area contributed by atoms with E-state index in [-0.39, 0.29) is 6.10 Å². The van der Waals surface area contributed by atoms with Crippen molar-refractivity contribution in [3.05, 3.63) is 59.5 Å². The van der Waals surface area contributed by atoms with Crippen molar-refractivity contribution < 1.29 is 9.26 Å². The molecule has 1 aromatic carbocycles. The van der Waals surface area contributed by atoms with Crippen LogP contribution in [0.5, 0.6) is 5.75 Å². The zero-order valence-electron chi connectivity index (χ0n) is 18.6. The van der Waals surface area contributed by atoms with Crippen molar-refractivity contribution in [3.8, 4) is 17.3 Å². The lowest BCUT2D eigenvalue weighted by atomic mass is 10.1. The van der Waals surface area contributed by atoms with Crippen LogP contribution in [-0.2, 0) is 13.0 Å². The highest BCUT2D eigenvalue weighted by Crippen LogP contribution is 2.22. The molecule has 0 fully saturated rings. The standard InChI is InChI=1S/C23H30N6O2/c1-5-24-23(27-15-18-10-9-17(4)14-20(18)30-16(2)3)26-13-11-21-28-22(31-29-21)19-8-6-7-12-25-19/h6-10,12,14,16H,5,11,13,15H2,1-4H3,(H2,24,26,27). The molecule has 0 bridgehead atoms. The van der Waals surface area contributed by atoms with E-state index in [0.717, 1.165) is 23.8 Å². The van der Waals surface area contributed by atoms with Gasteiger partial charge in [0, 0.05) is 31.3 Å². The molecular weight excluding hydrogens is 392 g/mol. The van der Waals surface area contributed by atoms with Gasteiger partial charge in [0.2, 0.25) is 0 Å². The maximum absolute atomic E-state index is 5.95. The third kappa shape index (κ3) is 6.80. The molecular formula is C23H30N6O2. The van der Waals surface area contributed by atoms with Crippen LogP contribution in [0, 0.1) is 6.92 Å². The van der Waals surface area contributed by atoms with Gasteiger partial charge in [0.15, 0.2) is 11.8 Å². The van der Waals surface area contributed by atoms with Crippen LogP contribution in [0.15, 0.2) is 52.1 Å². The molecule has 0 aliphatic rings. The first-order valence-corrected chi connectivity index (χ1v) is 10.6. The topological polar surface area (TPSA) is 97.5 Å². The Bertz CT molecular complexity index is 985. The van der Waals surface area contributed by atoms with Crippen LogP contribution < -0.4 is 15.4 Å². The summed E-state index contributed by atoms with van der Waals surface area (Å²) in [6.45, 7) is 10.1. The first-order chi connectivity index (χ1) is 15.0. The predicted octanol–water partition coefficient (Wildman–Crippen LogP) is 3.53. The van der Waals surface area contributed by atoms with Gasteiger partial charge in [-0.25, -0.2) is 4.99 Å². The predicted molar refractivity (Wildman–Crippen MR) is 121 cm³/mol. The van der Waals surface area contributed by atoms with E-state index in [9.17, 15) is 0 Å². The molecule has 0 saturated carbocycles. The third-order valence-corrected chi connectivity index (χ3v) is 4.33. The Morgan fingerprint density at radius 3 is 2.81 bits per heavy atom. The van der Waals surface area contributed by atoms with Crippen LogP contribution >= 0.6 is 0 Å². The van der Waals surface area contributed by atoms with E-state index in [1.807, 2.05) is 39.0 Å². The molecule has 164 valence electrons. The fraction of sp³-hybridized carbons (Fsp3) is 0.391.